The number of hydrogen-bond donors (Lipinski definition) is 0. The lowest BCUT2D eigenvalue weighted by molar-refractivity contribution is -0.186. The lowest BCUT2D eigenvalue weighted by Gasteiger charge is -2.25. The van der Waals surface area contributed by atoms with E-state index in [-0.39, 0.29) is 24.6 Å². The van der Waals surface area contributed by atoms with Crippen molar-refractivity contribution < 1.29 is 41.7 Å². The SMILES string of the molecule is COc1ccc(CN(Cc2cc(OC)c(OC)c(OC)c2)C(=O)C(F)(F)F)cc1OC. The Balaban J connectivity index is 2.43. The van der Waals surface area contributed by atoms with E-state index >= 15 is 0 Å². The van der Waals surface area contributed by atoms with E-state index in [2.05, 4.69) is 0 Å². The molecule has 0 aliphatic rings. The molecule has 7 nitrogen and oxygen atoms in total. The maximum Gasteiger partial charge on any atom is 0.471 e. The Kier molecular flexibility index (Phi) is 7.84. The Bertz CT molecular complexity index is 891. The van der Waals surface area contributed by atoms with Crippen molar-refractivity contribution in [1.29, 1.82) is 0 Å². The van der Waals surface area contributed by atoms with Crippen molar-refractivity contribution in [2.24, 2.45) is 0 Å². The molecule has 0 fully saturated rings. The molecule has 0 bridgehead atoms. The first kappa shape index (κ1) is 24.0. The zero-order valence-electron chi connectivity index (χ0n) is 17.8. The molecule has 1 amide bonds. The third kappa shape index (κ3) is 5.65. The lowest BCUT2D eigenvalue weighted by Crippen LogP contribution is -2.40. The summed E-state index contributed by atoms with van der Waals surface area (Å²) in [5, 5.41) is 0. The highest BCUT2D eigenvalue weighted by Crippen LogP contribution is 2.39. The Morgan fingerprint density at radius 1 is 0.742 bits per heavy atom. The van der Waals surface area contributed by atoms with Crippen LogP contribution in [0.3, 0.4) is 0 Å². The molecule has 0 radical (unpaired) electrons. The second-order valence-corrected chi connectivity index (χ2v) is 6.38. The molecule has 0 saturated heterocycles. The number of hydrogen-bond acceptors (Lipinski definition) is 6. The van der Waals surface area contributed by atoms with Crippen molar-refractivity contribution in [1.82, 2.24) is 4.90 Å². The van der Waals surface area contributed by atoms with Crippen LogP contribution < -0.4 is 23.7 Å². The number of amides is 1. The molecular weight excluding hydrogens is 419 g/mol. The molecule has 0 spiro atoms. The van der Waals surface area contributed by atoms with Gasteiger partial charge in [-0.2, -0.15) is 13.2 Å². The molecule has 0 atom stereocenters. The van der Waals surface area contributed by atoms with Crippen molar-refractivity contribution in [2.45, 2.75) is 19.3 Å². The minimum absolute atomic E-state index is 0.266. The van der Waals surface area contributed by atoms with Gasteiger partial charge < -0.3 is 28.6 Å². The van der Waals surface area contributed by atoms with E-state index in [0.29, 0.717) is 33.3 Å². The van der Waals surface area contributed by atoms with Gasteiger partial charge in [0, 0.05) is 13.1 Å². The maximum atomic E-state index is 13.3. The van der Waals surface area contributed by atoms with Gasteiger partial charge in [-0.1, -0.05) is 6.07 Å². The van der Waals surface area contributed by atoms with Crippen LogP contribution in [0.1, 0.15) is 11.1 Å². The van der Waals surface area contributed by atoms with Gasteiger partial charge in [0.05, 0.1) is 35.5 Å². The topological polar surface area (TPSA) is 66.5 Å². The number of carbonyl (C=O) groups excluding carboxylic acids is 1. The standard InChI is InChI=1S/C21H24F3NO6/c1-27-15-7-6-13(8-16(15)28-2)11-25(20(26)21(22,23)24)12-14-9-17(29-3)19(31-5)18(10-14)30-4/h6-10H,11-12H2,1-5H3. The highest BCUT2D eigenvalue weighted by atomic mass is 19.4. The summed E-state index contributed by atoms with van der Waals surface area (Å²) in [5.74, 6) is -0.389. The Morgan fingerprint density at radius 3 is 1.68 bits per heavy atom. The van der Waals surface area contributed by atoms with Crippen LogP contribution in [0.5, 0.6) is 28.7 Å². The fraction of sp³-hybridized carbons (Fsp3) is 0.381. The quantitative estimate of drug-likeness (QED) is 0.587. The average Bonchev–Trinajstić information content (AvgIpc) is 2.76. The lowest BCUT2D eigenvalue weighted by atomic mass is 10.1. The highest BCUT2D eigenvalue weighted by molar-refractivity contribution is 5.82. The summed E-state index contributed by atoms with van der Waals surface area (Å²) in [4.78, 5) is 12.8. The smallest absolute Gasteiger partial charge is 0.471 e. The Hall–Kier alpha value is -3.30. The van der Waals surface area contributed by atoms with E-state index < -0.39 is 12.1 Å². The fourth-order valence-electron chi connectivity index (χ4n) is 3.03. The number of nitrogens with zero attached hydrogens (tertiary/aromatic N) is 1. The Labute approximate surface area is 178 Å². The molecule has 31 heavy (non-hydrogen) atoms. The average molecular weight is 443 g/mol. The molecule has 0 aromatic heterocycles. The number of halogens is 3. The fourth-order valence-corrected chi connectivity index (χ4v) is 3.03. The normalized spacial score (nSPS) is 11.0. The second kappa shape index (κ2) is 10.1. The van der Waals surface area contributed by atoms with Crippen LogP contribution in [0.2, 0.25) is 0 Å². The number of methoxy groups -OCH3 is 5. The molecule has 2 aromatic carbocycles. The number of carbonyl (C=O) groups is 1. The minimum atomic E-state index is -5.04. The van der Waals surface area contributed by atoms with Crippen LogP contribution in [0, 0.1) is 0 Å². The number of ether oxygens (including phenoxy) is 5. The second-order valence-electron chi connectivity index (χ2n) is 6.38. The van der Waals surface area contributed by atoms with Gasteiger partial charge in [-0.25, -0.2) is 0 Å². The van der Waals surface area contributed by atoms with Crippen LogP contribution >= 0.6 is 0 Å². The highest BCUT2D eigenvalue weighted by Gasteiger charge is 2.42. The molecular formula is C21H24F3NO6. The molecule has 0 N–H and O–H groups in total. The first-order valence-corrected chi connectivity index (χ1v) is 9.04. The third-order valence-electron chi connectivity index (χ3n) is 4.45. The minimum Gasteiger partial charge on any atom is -0.493 e. The summed E-state index contributed by atoms with van der Waals surface area (Å²) in [6, 6.07) is 7.63. The molecule has 170 valence electrons. The maximum absolute atomic E-state index is 13.3. The molecule has 0 aliphatic heterocycles. The molecule has 10 heteroatoms. The van der Waals surface area contributed by atoms with E-state index in [4.69, 9.17) is 23.7 Å². The van der Waals surface area contributed by atoms with Crippen LogP contribution in [0.25, 0.3) is 0 Å². The number of alkyl halides is 3. The van der Waals surface area contributed by atoms with Gasteiger partial charge in [-0.3, -0.25) is 4.79 Å². The predicted molar refractivity (Wildman–Crippen MR) is 106 cm³/mol. The molecule has 0 saturated carbocycles. The van der Waals surface area contributed by atoms with E-state index in [1.54, 1.807) is 12.1 Å². The first-order valence-electron chi connectivity index (χ1n) is 9.04. The van der Waals surface area contributed by atoms with Gasteiger partial charge in [0.2, 0.25) is 5.75 Å². The van der Waals surface area contributed by atoms with E-state index in [1.165, 1.54) is 53.7 Å². The van der Waals surface area contributed by atoms with E-state index in [1.807, 2.05) is 0 Å². The zero-order valence-corrected chi connectivity index (χ0v) is 17.8. The summed E-state index contributed by atoms with van der Waals surface area (Å²) in [5.41, 5.74) is 0.801. The third-order valence-corrected chi connectivity index (χ3v) is 4.45. The van der Waals surface area contributed by atoms with Crippen molar-refractivity contribution in [2.75, 3.05) is 35.5 Å². The van der Waals surface area contributed by atoms with E-state index in [9.17, 15) is 18.0 Å². The molecule has 0 heterocycles. The molecule has 0 unspecified atom stereocenters. The van der Waals surface area contributed by atoms with Gasteiger partial charge in [0.25, 0.3) is 0 Å². The largest absolute Gasteiger partial charge is 0.493 e. The van der Waals surface area contributed by atoms with Crippen molar-refractivity contribution in [3.05, 3.63) is 41.5 Å². The van der Waals surface area contributed by atoms with E-state index in [0.717, 1.165) is 0 Å². The molecule has 2 rings (SSSR count). The van der Waals surface area contributed by atoms with Gasteiger partial charge in [0.15, 0.2) is 23.0 Å². The molecule has 0 aliphatic carbocycles. The van der Waals surface area contributed by atoms with Crippen LogP contribution in [0.15, 0.2) is 30.3 Å². The van der Waals surface area contributed by atoms with Gasteiger partial charge in [-0.05, 0) is 35.4 Å². The van der Waals surface area contributed by atoms with Crippen LogP contribution in [0.4, 0.5) is 13.2 Å². The summed E-state index contributed by atoms with van der Waals surface area (Å²) >= 11 is 0. The predicted octanol–water partition coefficient (Wildman–Crippen LogP) is 3.82. The van der Waals surface area contributed by atoms with Gasteiger partial charge >= 0.3 is 12.1 Å². The van der Waals surface area contributed by atoms with Crippen LogP contribution in [-0.4, -0.2) is 52.5 Å². The summed E-state index contributed by atoms with van der Waals surface area (Å²) in [6.45, 7) is -0.654. The Morgan fingerprint density at radius 2 is 1.23 bits per heavy atom. The van der Waals surface area contributed by atoms with Crippen molar-refractivity contribution >= 4 is 5.91 Å². The summed E-state index contributed by atoms with van der Waals surface area (Å²) in [6.07, 6.45) is -5.04. The monoisotopic (exact) mass is 443 g/mol. The summed E-state index contributed by atoms with van der Waals surface area (Å²) < 4.78 is 65.9. The van der Waals surface area contributed by atoms with Gasteiger partial charge in [-0.15, -0.1) is 0 Å². The zero-order chi connectivity index (χ0) is 23.2. The van der Waals surface area contributed by atoms with Gasteiger partial charge in [0.1, 0.15) is 0 Å². The van der Waals surface area contributed by atoms with Crippen molar-refractivity contribution in [3.63, 3.8) is 0 Å². The van der Waals surface area contributed by atoms with Crippen molar-refractivity contribution in [3.8, 4) is 28.7 Å². The summed E-state index contributed by atoms with van der Waals surface area (Å²) in [7, 11) is 7.06. The van der Waals surface area contributed by atoms with Crippen LogP contribution in [-0.2, 0) is 17.9 Å². The number of rotatable bonds is 9. The number of benzene rings is 2. The molecule has 2 aromatic rings. The first-order chi connectivity index (χ1) is 14.7.